The number of quaternary nitrogens is 1. The van der Waals surface area contributed by atoms with Crippen LogP contribution in [0.5, 0.6) is 0 Å². The molecule has 0 bridgehead atoms. The maximum absolute atomic E-state index is 2.49. The minimum atomic E-state index is 1.30. The van der Waals surface area contributed by atoms with Crippen molar-refractivity contribution in [3.63, 3.8) is 0 Å². The van der Waals surface area contributed by atoms with Crippen LogP contribution >= 0.6 is 0 Å². The number of likely N-dealkylation sites (N-methyl/N-ethyl adjacent to an activating group) is 1. The summed E-state index contributed by atoms with van der Waals surface area (Å²) >= 11 is 0. The number of unbranched alkanes of at least 4 members (excludes halogenated alkanes) is 4. The molecule has 0 spiro atoms. The van der Waals surface area contributed by atoms with Gasteiger partial charge < -0.3 is 4.48 Å². The van der Waals surface area contributed by atoms with Gasteiger partial charge in [0.1, 0.15) is 0 Å². The molecule has 0 aliphatic carbocycles. The summed E-state index contributed by atoms with van der Waals surface area (Å²) < 4.78 is 1.42. The average molecular weight is 241 g/mol. The summed E-state index contributed by atoms with van der Waals surface area (Å²) in [4.78, 5) is 2.49. The molecule has 0 unspecified atom stereocenters. The lowest BCUT2D eigenvalue weighted by Gasteiger charge is -2.44. The van der Waals surface area contributed by atoms with Crippen molar-refractivity contribution in [1.29, 1.82) is 0 Å². The molecule has 1 rings (SSSR count). The minimum absolute atomic E-state index is 1.30. The molecule has 1 aliphatic rings. The van der Waals surface area contributed by atoms with E-state index < -0.39 is 0 Å². The first kappa shape index (κ1) is 15.0. The second-order valence-corrected chi connectivity index (χ2v) is 5.95. The van der Waals surface area contributed by atoms with E-state index >= 15 is 0 Å². The van der Waals surface area contributed by atoms with Gasteiger partial charge in [-0.2, -0.15) is 0 Å². The molecule has 0 aromatic heterocycles. The van der Waals surface area contributed by atoms with Gasteiger partial charge in [-0.25, -0.2) is 0 Å². The zero-order valence-corrected chi connectivity index (χ0v) is 12.4. The fourth-order valence-electron chi connectivity index (χ4n) is 2.92. The third kappa shape index (κ3) is 5.39. The van der Waals surface area contributed by atoms with Crippen molar-refractivity contribution in [2.24, 2.45) is 0 Å². The fourth-order valence-corrected chi connectivity index (χ4v) is 2.92. The molecule has 2 heteroatoms. The highest BCUT2D eigenvalue weighted by molar-refractivity contribution is 4.60. The van der Waals surface area contributed by atoms with Crippen LogP contribution in [-0.4, -0.2) is 55.7 Å². The Bertz CT molecular complexity index is 178. The quantitative estimate of drug-likeness (QED) is 0.466. The van der Waals surface area contributed by atoms with Gasteiger partial charge in [0.25, 0.3) is 0 Å². The first-order chi connectivity index (χ1) is 8.22. The van der Waals surface area contributed by atoms with Crippen molar-refractivity contribution in [3.8, 4) is 0 Å². The SMILES string of the molecule is CCCCCC[N+]1(CCCC)CCN(C)CC1. The van der Waals surface area contributed by atoms with Gasteiger partial charge >= 0.3 is 0 Å². The Balaban J connectivity index is 2.36. The predicted molar refractivity (Wildman–Crippen MR) is 76.3 cm³/mol. The Morgan fingerprint density at radius 3 is 2.00 bits per heavy atom. The van der Waals surface area contributed by atoms with Crippen LogP contribution < -0.4 is 0 Å². The monoisotopic (exact) mass is 241 g/mol. The second kappa shape index (κ2) is 8.10. The van der Waals surface area contributed by atoms with Gasteiger partial charge in [0.2, 0.25) is 0 Å². The van der Waals surface area contributed by atoms with Crippen LogP contribution in [-0.2, 0) is 0 Å². The van der Waals surface area contributed by atoms with E-state index in [0.717, 1.165) is 0 Å². The first-order valence-electron chi connectivity index (χ1n) is 7.76. The Labute approximate surface area is 109 Å². The second-order valence-electron chi connectivity index (χ2n) is 5.95. The third-order valence-corrected chi connectivity index (χ3v) is 4.38. The number of hydrogen-bond donors (Lipinski definition) is 0. The zero-order valence-electron chi connectivity index (χ0n) is 12.4. The lowest BCUT2D eigenvalue weighted by atomic mass is 10.1. The van der Waals surface area contributed by atoms with Crippen LogP contribution in [0.3, 0.4) is 0 Å². The summed E-state index contributed by atoms with van der Waals surface area (Å²) in [5.41, 5.74) is 0. The molecule has 102 valence electrons. The number of piperazine rings is 1. The van der Waals surface area contributed by atoms with Crippen molar-refractivity contribution in [2.75, 3.05) is 46.3 Å². The molecule has 0 atom stereocenters. The fraction of sp³-hybridized carbons (Fsp3) is 1.00. The van der Waals surface area contributed by atoms with Crippen LogP contribution in [0.25, 0.3) is 0 Å². The molecule has 0 radical (unpaired) electrons. The van der Waals surface area contributed by atoms with Gasteiger partial charge in [-0.05, 0) is 26.3 Å². The summed E-state index contributed by atoms with van der Waals surface area (Å²) in [7, 11) is 2.27. The minimum Gasteiger partial charge on any atom is -0.321 e. The average Bonchev–Trinajstić information content (AvgIpc) is 2.36. The van der Waals surface area contributed by atoms with Gasteiger partial charge in [0.15, 0.2) is 0 Å². The molecule has 1 aliphatic heterocycles. The van der Waals surface area contributed by atoms with Crippen molar-refractivity contribution >= 4 is 0 Å². The van der Waals surface area contributed by atoms with Gasteiger partial charge in [0, 0.05) is 13.1 Å². The van der Waals surface area contributed by atoms with Gasteiger partial charge in [-0.1, -0.05) is 33.1 Å². The topological polar surface area (TPSA) is 3.24 Å². The molecule has 1 fully saturated rings. The Kier molecular flexibility index (Phi) is 7.14. The Morgan fingerprint density at radius 1 is 0.824 bits per heavy atom. The van der Waals surface area contributed by atoms with Crippen molar-refractivity contribution in [2.45, 2.75) is 52.4 Å². The highest BCUT2D eigenvalue weighted by Crippen LogP contribution is 2.16. The van der Waals surface area contributed by atoms with E-state index in [1.807, 2.05) is 0 Å². The van der Waals surface area contributed by atoms with Gasteiger partial charge in [-0.15, -0.1) is 0 Å². The Hall–Kier alpha value is -0.0800. The molecule has 0 aromatic carbocycles. The van der Waals surface area contributed by atoms with E-state index in [9.17, 15) is 0 Å². The molecule has 0 saturated carbocycles. The smallest absolute Gasteiger partial charge is 0.0916 e. The molecular formula is C15H33N2+. The van der Waals surface area contributed by atoms with Crippen LogP contribution in [0.4, 0.5) is 0 Å². The van der Waals surface area contributed by atoms with Crippen molar-refractivity contribution in [1.82, 2.24) is 4.90 Å². The summed E-state index contributed by atoms with van der Waals surface area (Å²) in [5.74, 6) is 0. The molecule has 1 saturated heterocycles. The lowest BCUT2D eigenvalue weighted by Crippen LogP contribution is -2.59. The largest absolute Gasteiger partial charge is 0.321 e. The maximum atomic E-state index is 2.49. The van der Waals surface area contributed by atoms with E-state index in [2.05, 4.69) is 25.8 Å². The van der Waals surface area contributed by atoms with Crippen molar-refractivity contribution in [3.05, 3.63) is 0 Å². The number of nitrogens with zero attached hydrogens (tertiary/aromatic N) is 2. The van der Waals surface area contributed by atoms with E-state index in [1.54, 1.807) is 0 Å². The lowest BCUT2D eigenvalue weighted by molar-refractivity contribution is -0.932. The maximum Gasteiger partial charge on any atom is 0.0916 e. The zero-order chi connectivity index (χ0) is 12.6. The predicted octanol–water partition coefficient (Wildman–Crippen LogP) is 3.13. The standard InChI is InChI=1S/C15H33N2/c1-4-6-8-9-13-17(12-7-5-2)14-10-16(3)11-15-17/h4-15H2,1-3H3/q+1. The molecule has 0 N–H and O–H groups in total. The molecule has 0 amide bonds. The van der Waals surface area contributed by atoms with Crippen molar-refractivity contribution < 1.29 is 4.48 Å². The van der Waals surface area contributed by atoms with Crippen LogP contribution in [0.1, 0.15) is 52.4 Å². The number of rotatable bonds is 8. The van der Waals surface area contributed by atoms with Crippen LogP contribution in [0.15, 0.2) is 0 Å². The van der Waals surface area contributed by atoms with E-state index in [0.29, 0.717) is 0 Å². The molecule has 1 heterocycles. The number of hydrogen-bond acceptors (Lipinski definition) is 1. The van der Waals surface area contributed by atoms with Crippen LogP contribution in [0.2, 0.25) is 0 Å². The highest BCUT2D eigenvalue weighted by Gasteiger charge is 2.30. The molecule has 17 heavy (non-hydrogen) atoms. The van der Waals surface area contributed by atoms with E-state index in [4.69, 9.17) is 0 Å². The summed E-state index contributed by atoms with van der Waals surface area (Å²) in [6.45, 7) is 12.9. The summed E-state index contributed by atoms with van der Waals surface area (Å²) in [6.07, 6.45) is 8.44. The summed E-state index contributed by atoms with van der Waals surface area (Å²) in [5, 5.41) is 0. The van der Waals surface area contributed by atoms with Gasteiger partial charge in [-0.3, -0.25) is 4.90 Å². The first-order valence-corrected chi connectivity index (χ1v) is 7.76. The normalized spacial score (nSPS) is 20.6. The van der Waals surface area contributed by atoms with E-state index in [1.165, 1.54) is 82.3 Å². The van der Waals surface area contributed by atoms with E-state index in [-0.39, 0.29) is 0 Å². The Morgan fingerprint density at radius 2 is 1.41 bits per heavy atom. The van der Waals surface area contributed by atoms with Gasteiger partial charge in [0.05, 0.1) is 26.2 Å². The summed E-state index contributed by atoms with van der Waals surface area (Å²) in [6, 6.07) is 0. The highest BCUT2D eigenvalue weighted by atomic mass is 15.4. The molecule has 2 nitrogen and oxygen atoms in total. The van der Waals surface area contributed by atoms with Crippen LogP contribution in [0, 0.1) is 0 Å². The molecular weight excluding hydrogens is 208 g/mol. The third-order valence-electron chi connectivity index (χ3n) is 4.38. The molecule has 0 aromatic rings.